The van der Waals surface area contributed by atoms with Crippen LogP contribution < -0.4 is 0 Å². The Morgan fingerprint density at radius 3 is 2.33 bits per heavy atom. The van der Waals surface area contributed by atoms with Crippen LogP contribution in [0.15, 0.2) is 0 Å². The number of alkyl halides is 1. The van der Waals surface area contributed by atoms with Gasteiger partial charge in [-0.3, -0.25) is 4.39 Å². The summed E-state index contributed by atoms with van der Waals surface area (Å²) >= 11 is 0. The van der Waals surface area contributed by atoms with Crippen LogP contribution in [0.25, 0.3) is 0 Å². The molecule has 0 amide bonds. The molecule has 1 aliphatic carbocycles. The number of nitrogens with zero attached hydrogens (tertiary/aromatic N) is 1. The Balaban J connectivity index is 2.40. The summed E-state index contributed by atoms with van der Waals surface area (Å²) in [6, 6.07) is 2.18. The van der Waals surface area contributed by atoms with Gasteiger partial charge in [0, 0.05) is 0 Å². The van der Waals surface area contributed by atoms with E-state index in [1.807, 2.05) is 0 Å². The molecule has 9 heavy (non-hydrogen) atoms. The maximum Gasteiger partial charge on any atom is 0.0909 e. The second-order valence-electron chi connectivity index (χ2n) is 2.68. The molecule has 0 aromatic carbocycles. The molecule has 1 fully saturated rings. The number of halogens is 1. The summed E-state index contributed by atoms with van der Waals surface area (Å²) < 4.78 is 11.7. The molecule has 0 N–H and O–H groups in total. The largest absolute Gasteiger partial charge is 0.251 e. The smallest absolute Gasteiger partial charge is 0.0909 e. The van der Waals surface area contributed by atoms with Gasteiger partial charge >= 0.3 is 0 Å². The van der Waals surface area contributed by atoms with Crippen molar-refractivity contribution in [1.29, 1.82) is 5.26 Å². The molecule has 0 aliphatic heterocycles. The molecular weight excluding hydrogens is 117 g/mol. The molecule has 0 bridgehead atoms. The lowest BCUT2D eigenvalue weighted by Gasteiger charge is -2.33. The van der Waals surface area contributed by atoms with E-state index in [2.05, 4.69) is 6.07 Å². The Labute approximate surface area is 54.5 Å². The second-order valence-corrected chi connectivity index (χ2v) is 2.68. The van der Waals surface area contributed by atoms with Gasteiger partial charge in [-0.15, -0.1) is 0 Å². The van der Waals surface area contributed by atoms with Crippen LogP contribution in [0.3, 0.4) is 0 Å². The molecule has 0 spiro atoms. The van der Waals surface area contributed by atoms with Crippen LogP contribution >= 0.6 is 0 Å². The highest BCUT2D eigenvalue weighted by Crippen LogP contribution is 2.42. The highest BCUT2D eigenvalue weighted by Gasteiger charge is 2.36. The van der Waals surface area contributed by atoms with Gasteiger partial charge in [0.2, 0.25) is 0 Å². The van der Waals surface area contributed by atoms with Gasteiger partial charge in [0.15, 0.2) is 0 Å². The van der Waals surface area contributed by atoms with Crippen molar-refractivity contribution in [3.8, 4) is 6.07 Å². The third-order valence-corrected chi connectivity index (χ3v) is 2.12. The predicted octanol–water partition coefficient (Wildman–Crippen LogP) is 2.04. The average molecular weight is 127 g/mol. The quantitative estimate of drug-likeness (QED) is 0.556. The van der Waals surface area contributed by atoms with Crippen LogP contribution in [0.5, 0.6) is 0 Å². The van der Waals surface area contributed by atoms with Crippen LogP contribution in [0, 0.1) is 16.7 Å². The van der Waals surface area contributed by atoms with Crippen molar-refractivity contribution in [2.75, 3.05) is 6.67 Å². The van der Waals surface area contributed by atoms with Gasteiger partial charge in [0.25, 0.3) is 0 Å². The first-order valence-electron chi connectivity index (χ1n) is 3.30. The van der Waals surface area contributed by atoms with Crippen molar-refractivity contribution in [3.63, 3.8) is 0 Å². The lowest BCUT2D eigenvalue weighted by molar-refractivity contribution is 0.180. The lowest BCUT2D eigenvalue weighted by atomic mass is 9.68. The monoisotopic (exact) mass is 127 g/mol. The molecule has 0 radical (unpaired) electrons. The van der Waals surface area contributed by atoms with Gasteiger partial charge in [-0.2, -0.15) is 5.26 Å². The SMILES string of the molecule is N#CC1(CCF)CCC1. The van der Waals surface area contributed by atoms with E-state index in [0.717, 1.165) is 19.3 Å². The van der Waals surface area contributed by atoms with Crippen LogP contribution in [0.1, 0.15) is 25.7 Å². The Hall–Kier alpha value is -0.580. The summed E-state index contributed by atoms with van der Waals surface area (Å²) in [5, 5.41) is 8.55. The van der Waals surface area contributed by atoms with E-state index < -0.39 is 0 Å². The van der Waals surface area contributed by atoms with Gasteiger partial charge < -0.3 is 0 Å². The summed E-state index contributed by atoms with van der Waals surface area (Å²) in [5.41, 5.74) is -0.255. The summed E-state index contributed by atoms with van der Waals surface area (Å²) in [7, 11) is 0. The number of hydrogen-bond donors (Lipinski definition) is 0. The highest BCUT2D eigenvalue weighted by molar-refractivity contribution is 5.04. The van der Waals surface area contributed by atoms with Gasteiger partial charge in [0.05, 0.1) is 18.2 Å². The van der Waals surface area contributed by atoms with Gasteiger partial charge in [-0.05, 0) is 19.3 Å². The van der Waals surface area contributed by atoms with E-state index in [1.54, 1.807) is 0 Å². The number of nitriles is 1. The fraction of sp³-hybridized carbons (Fsp3) is 0.857. The number of hydrogen-bond acceptors (Lipinski definition) is 1. The zero-order valence-electron chi connectivity index (χ0n) is 5.36. The Morgan fingerprint density at radius 2 is 2.22 bits per heavy atom. The Kier molecular flexibility index (Phi) is 1.70. The fourth-order valence-corrected chi connectivity index (χ4v) is 1.20. The predicted molar refractivity (Wildman–Crippen MR) is 32.5 cm³/mol. The third-order valence-electron chi connectivity index (χ3n) is 2.12. The molecule has 50 valence electrons. The molecule has 0 heterocycles. The minimum Gasteiger partial charge on any atom is -0.251 e. The molecule has 0 unspecified atom stereocenters. The Morgan fingerprint density at radius 1 is 1.56 bits per heavy atom. The molecule has 1 aliphatic rings. The van der Waals surface area contributed by atoms with Crippen molar-refractivity contribution >= 4 is 0 Å². The van der Waals surface area contributed by atoms with Crippen molar-refractivity contribution in [3.05, 3.63) is 0 Å². The van der Waals surface area contributed by atoms with Gasteiger partial charge in [0.1, 0.15) is 0 Å². The van der Waals surface area contributed by atoms with E-state index in [4.69, 9.17) is 5.26 Å². The third kappa shape index (κ3) is 1.05. The van der Waals surface area contributed by atoms with Gasteiger partial charge in [-0.25, -0.2) is 0 Å². The van der Waals surface area contributed by atoms with E-state index in [0.29, 0.717) is 6.42 Å². The first-order chi connectivity index (χ1) is 4.33. The van der Waals surface area contributed by atoms with Crippen LogP contribution in [0.4, 0.5) is 4.39 Å². The lowest BCUT2D eigenvalue weighted by Crippen LogP contribution is -2.27. The summed E-state index contributed by atoms with van der Waals surface area (Å²) in [6.07, 6.45) is 3.37. The van der Waals surface area contributed by atoms with Crippen molar-refractivity contribution in [2.24, 2.45) is 5.41 Å². The summed E-state index contributed by atoms with van der Waals surface area (Å²) in [6.45, 7) is -0.340. The molecule has 0 aromatic rings. The Bertz CT molecular complexity index is 132. The minimum absolute atomic E-state index is 0.255. The maximum absolute atomic E-state index is 11.7. The van der Waals surface area contributed by atoms with Crippen LogP contribution in [-0.4, -0.2) is 6.67 Å². The van der Waals surface area contributed by atoms with Crippen molar-refractivity contribution in [2.45, 2.75) is 25.7 Å². The summed E-state index contributed by atoms with van der Waals surface area (Å²) in [5.74, 6) is 0. The molecule has 0 atom stereocenters. The topological polar surface area (TPSA) is 23.8 Å². The molecular formula is C7H10FN. The second kappa shape index (κ2) is 2.34. The van der Waals surface area contributed by atoms with E-state index in [1.165, 1.54) is 0 Å². The average Bonchev–Trinajstić information content (AvgIpc) is 1.79. The van der Waals surface area contributed by atoms with E-state index in [9.17, 15) is 4.39 Å². The van der Waals surface area contributed by atoms with Crippen LogP contribution in [0.2, 0.25) is 0 Å². The van der Waals surface area contributed by atoms with E-state index >= 15 is 0 Å². The molecule has 0 aromatic heterocycles. The zero-order valence-corrected chi connectivity index (χ0v) is 5.36. The zero-order chi connectivity index (χ0) is 6.74. The fourth-order valence-electron chi connectivity index (χ4n) is 1.20. The van der Waals surface area contributed by atoms with Crippen molar-refractivity contribution < 1.29 is 4.39 Å². The molecule has 1 rings (SSSR count). The van der Waals surface area contributed by atoms with Crippen LogP contribution in [-0.2, 0) is 0 Å². The van der Waals surface area contributed by atoms with Crippen molar-refractivity contribution in [1.82, 2.24) is 0 Å². The minimum atomic E-state index is -0.340. The molecule has 1 saturated carbocycles. The maximum atomic E-state index is 11.7. The number of rotatable bonds is 2. The first kappa shape index (κ1) is 6.54. The first-order valence-corrected chi connectivity index (χ1v) is 3.30. The normalized spacial score (nSPS) is 22.2. The molecule has 1 nitrogen and oxygen atoms in total. The van der Waals surface area contributed by atoms with E-state index in [-0.39, 0.29) is 12.1 Å². The molecule has 2 heteroatoms. The molecule has 0 saturated heterocycles. The highest BCUT2D eigenvalue weighted by atomic mass is 19.1. The van der Waals surface area contributed by atoms with Gasteiger partial charge in [-0.1, -0.05) is 6.42 Å². The summed E-state index contributed by atoms with van der Waals surface area (Å²) in [4.78, 5) is 0. The standard InChI is InChI=1S/C7H10FN/c8-5-4-7(6-9)2-1-3-7/h1-5H2.